The second kappa shape index (κ2) is 4.18. The number of hydrogen-bond acceptors (Lipinski definition) is 2. The molecule has 0 amide bonds. The molecule has 0 atom stereocenters. The molecular formula is C10H9IO4. The Morgan fingerprint density at radius 2 is 1.73 bits per heavy atom. The molecule has 0 fully saturated rings. The highest BCUT2D eigenvalue weighted by atomic mass is 127. The number of benzene rings is 1. The molecule has 2 N–H and O–H groups in total. The SMILES string of the molecule is Cc1cc(C(=O)O)c(I)c(C)c1C(=O)O. The van der Waals surface area contributed by atoms with Crippen molar-refractivity contribution in [1.29, 1.82) is 0 Å². The standard InChI is InChI=1S/C10H9IO4/c1-4-3-6(9(12)13)8(11)5(2)7(4)10(14)15/h3H,1-2H3,(H,12,13)(H,14,15). The summed E-state index contributed by atoms with van der Waals surface area (Å²) < 4.78 is 0.475. The quantitative estimate of drug-likeness (QED) is 0.820. The minimum atomic E-state index is -1.04. The lowest BCUT2D eigenvalue weighted by atomic mass is 9.99. The Labute approximate surface area is 100 Å². The van der Waals surface area contributed by atoms with Crippen LogP contribution in [-0.4, -0.2) is 22.2 Å². The summed E-state index contributed by atoms with van der Waals surface area (Å²) in [5.74, 6) is -2.07. The van der Waals surface area contributed by atoms with Crippen LogP contribution in [0.3, 0.4) is 0 Å². The smallest absolute Gasteiger partial charge is 0.336 e. The van der Waals surface area contributed by atoms with E-state index >= 15 is 0 Å². The largest absolute Gasteiger partial charge is 0.478 e. The van der Waals surface area contributed by atoms with Crippen LogP contribution in [0.4, 0.5) is 0 Å². The molecule has 0 radical (unpaired) electrons. The third-order valence-corrected chi connectivity index (χ3v) is 3.53. The van der Waals surface area contributed by atoms with Gasteiger partial charge in [0.2, 0.25) is 0 Å². The van der Waals surface area contributed by atoms with E-state index in [0.29, 0.717) is 14.7 Å². The average Bonchev–Trinajstić information content (AvgIpc) is 2.10. The van der Waals surface area contributed by atoms with E-state index in [9.17, 15) is 9.59 Å². The van der Waals surface area contributed by atoms with Crippen molar-refractivity contribution in [1.82, 2.24) is 0 Å². The van der Waals surface area contributed by atoms with Crippen molar-refractivity contribution in [2.45, 2.75) is 13.8 Å². The number of carboxylic acid groups (broad SMARTS) is 2. The van der Waals surface area contributed by atoms with E-state index in [1.165, 1.54) is 6.07 Å². The van der Waals surface area contributed by atoms with Crippen molar-refractivity contribution in [3.05, 3.63) is 31.9 Å². The molecule has 1 aromatic rings. The molecule has 80 valence electrons. The first-order valence-corrected chi connectivity index (χ1v) is 5.20. The molecule has 0 bridgehead atoms. The number of aromatic carboxylic acids is 2. The molecule has 0 unspecified atom stereocenters. The number of hydrogen-bond donors (Lipinski definition) is 2. The monoisotopic (exact) mass is 320 g/mol. The summed E-state index contributed by atoms with van der Waals surface area (Å²) in [7, 11) is 0. The molecule has 0 aromatic heterocycles. The van der Waals surface area contributed by atoms with Gasteiger partial charge in [-0.2, -0.15) is 0 Å². The maximum absolute atomic E-state index is 10.9. The first-order valence-electron chi connectivity index (χ1n) is 4.12. The molecule has 0 saturated carbocycles. The summed E-state index contributed by atoms with van der Waals surface area (Å²) in [5, 5.41) is 17.8. The number of halogens is 1. The Hall–Kier alpha value is -1.11. The summed E-state index contributed by atoms with van der Waals surface area (Å²) in [4.78, 5) is 21.8. The molecule has 5 heteroatoms. The second-order valence-electron chi connectivity index (χ2n) is 3.17. The summed E-state index contributed by atoms with van der Waals surface area (Å²) in [5.41, 5.74) is 1.30. The summed E-state index contributed by atoms with van der Waals surface area (Å²) >= 11 is 1.85. The lowest BCUT2D eigenvalue weighted by molar-refractivity contribution is 0.0678. The van der Waals surface area contributed by atoms with E-state index in [2.05, 4.69) is 0 Å². The van der Waals surface area contributed by atoms with Gasteiger partial charge in [-0.3, -0.25) is 0 Å². The van der Waals surface area contributed by atoms with Gasteiger partial charge in [0.25, 0.3) is 0 Å². The summed E-state index contributed by atoms with van der Waals surface area (Å²) in [6.07, 6.45) is 0. The van der Waals surface area contributed by atoms with E-state index in [4.69, 9.17) is 10.2 Å². The molecule has 1 rings (SSSR count). The Morgan fingerprint density at radius 1 is 1.20 bits per heavy atom. The molecule has 0 spiro atoms. The Morgan fingerprint density at radius 3 is 2.13 bits per heavy atom. The van der Waals surface area contributed by atoms with Crippen molar-refractivity contribution in [3.8, 4) is 0 Å². The van der Waals surface area contributed by atoms with E-state index < -0.39 is 11.9 Å². The van der Waals surface area contributed by atoms with Crippen molar-refractivity contribution in [2.75, 3.05) is 0 Å². The zero-order valence-corrected chi connectivity index (χ0v) is 10.3. The molecule has 0 saturated heterocycles. The van der Waals surface area contributed by atoms with Crippen molar-refractivity contribution in [2.24, 2.45) is 0 Å². The highest BCUT2D eigenvalue weighted by Gasteiger charge is 2.19. The number of rotatable bonds is 2. The maximum Gasteiger partial charge on any atom is 0.336 e. The van der Waals surface area contributed by atoms with Crippen LogP contribution in [0.25, 0.3) is 0 Å². The average molecular weight is 320 g/mol. The van der Waals surface area contributed by atoms with Crippen molar-refractivity contribution >= 4 is 34.5 Å². The molecule has 1 aromatic carbocycles. The van der Waals surface area contributed by atoms with Crippen LogP contribution in [0.1, 0.15) is 31.8 Å². The maximum atomic E-state index is 10.9. The Balaban J connectivity index is 3.58. The van der Waals surface area contributed by atoms with Gasteiger partial charge in [-0.25, -0.2) is 9.59 Å². The van der Waals surface area contributed by atoms with Gasteiger partial charge in [-0.15, -0.1) is 0 Å². The molecule has 15 heavy (non-hydrogen) atoms. The minimum absolute atomic E-state index is 0.149. The van der Waals surface area contributed by atoms with Gasteiger partial charge in [-0.1, -0.05) is 0 Å². The van der Waals surface area contributed by atoms with Crippen LogP contribution in [-0.2, 0) is 0 Å². The third-order valence-electron chi connectivity index (χ3n) is 2.14. The first kappa shape index (κ1) is 12.0. The zero-order chi connectivity index (χ0) is 11.7. The normalized spacial score (nSPS) is 10.1. The van der Waals surface area contributed by atoms with Crippen LogP contribution in [0, 0.1) is 17.4 Å². The zero-order valence-electron chi connectivity index (χ0n) is 8.17. The molecule has 0 aliphatic rings. The first-order chi connectivity index (χ1) is 6.86. The molecule has 0 heterocycles. The van der Waals surface area contributed by atoms with E-state index in [0.717, 1.165) is 0 Å². The lowest BCUT2D eigenvalue weighted by Gasteiger charge is -2.10. The number of carboxylic acids is 2. The fraction of sp³-hybridized carbons (Fsp3) is 0.200. The molecule has 0 aliphatic heterocycles. The van der Waals surface area contributed by atoms with E-state index in [-0.39, 0.29) is 11.1 Å². The Kier molecular flexibility index (Phi) is 3.33. The molecule has 4 nitrogen and oxygen atoms in total. The molecular weight excluding hydrogens is 311 g/mol. The number of carbonyl (C=O) groups is 2. The predicted octanol–water partition coefficient (Wildman–Crippen LogP) is 2.30. The fourth-order valence-corrected chi connectivity index (χ4v) is 2.10. The van der Waals surface area contributed by atoms with Gasteiger partial charge in [0.05, 0.1) is 11.1 Å². The van der Waals surface area contributed by atoms with Gasteiger partial charge >= 0.3 is 11.9 Å². The predicted molar refractivity (Wildman–Crippen MR) is 62.6 cm³/mol. The lowest BCUT2D eigenvalue weighted by Crippen LogP contribution is -2.10. The van der Waals surface area contributed by atoms with E-state index in [1.807, 2.05) is 22.6 Å². The highest BCUT2D eigenvalue weighted by Crippen LogP contribution is 2.24. The van der Waals surface area contributed by atoms with Crippen LogP contribution in [0.5, 0.6) is 0 Å². The van der Waals surface area contributed by atoms with Crippen molar-refractivity contribution < 1.29 is 19.8 Å². The Bertz CT molecular complexity index is 451. The summed E-state index contributed by atoms with van der Waals surface area (Å²) in [6, 6.07) is 1.39. The van der Waals surface area contributed by atoms with Gasteiger partial charge in [0.15, 0.2) is 0 Å². The van der Waals surface area contributed by atoms with Gasteiger partial charge in [0.1, 0.15) is 0 Å². The minimum Gasteiger partial charge on any atom is -0.478 e. The van der Waals surface area contributed by atoms with Gasteiger partial charge in [0, 0.05) is 3.57 Å². The topological polar surface area (TPSA) is 74.6 Å². The third kappa shape index (κ3) is 2.11. The van der Waals surface area contributed by atoms with Crippen LogP contribution in [0.15, 0.2) is 6.07 Å². The summed E-state index contributed by atoms with van der Waals surface area (Å²) in [6.45, 7) is 3.21. The second-order valence-corrected chi connectivity index (χ2v) is 4.24. The van der Waals surface area contributed by atoms with Gasteiger partial charge < -0.3 is 10.2 Å². The fourth-order valence-electron chi connectivity index (χ4n) is 1.44. The van der Waals surface area contributed by atoms with Gasteiger partial charge in [-0.05, 0) is 53.6 Å². The van der Waals surface area contributed by atoms with Crippen LogP contribution < -0.4 is 0 Å². The highest BCUT2D eigenvalue weighted by molar-refractivity contribution is 14.1. The van der Waals surface area contributed by atoms with Crippen LogP contribution >= 0.6 is 22.6 Å². The van der Waals surface area contributed by atoms with Crippen LogP contribution in [0.2, 0.25) is 0 Å². The number of aryl methyl sites for hydroxylation is 1. The van der Waals surface area contributed by atoms with Crippen molar-refractivity contribution in [3.63, 3.8) is 0 Å². The van der Waals surface area contributed by atoms with E-state index in [1.54, 1.807) is 13.8 Å². The molecule has 0 aliphatic carbocycles.